The van der Waals surface area contributed by atoms with Crippen molar-refractivity contribution in [1.82, 2.24) is 0 Å². The van der Waals surface area contributed by atoms with E-state index in [2.05, 4.69) is 0 Å². The molecule has 0 aromatic rings. The zero-order chi connectivity index (χ0) is 24.2. The Morgan fingerprint density at radius 2 is 0.545 bits per heavy atom. The minimum atomic E-state index is -0.657. The molecule has 0 atom stereocenters. The molecule has 0 radical (unpaired) electrons. The predicted octanol–water partition coefficient (Wildman–Crippen LogP) is 9.09. The maximum atomic E-state index is 10.7. The van der Waals surface area contributed by atoms with Crippen molar-refractivity contribution in [3.63, 3.8) is 0 Å². The van der Waals surface area contributed by atoms with Gasteiger partial charge in [0.2, 0.25) is 5.91 Å². The SMILES string of the molecule is NC(=O)CCCCCCCCCCCCCCCCCCCCCCCCCCCC(=O)O. The second-order valence-electron chi connectivity index (χ2n) is 10.2. The minimum absolute atomic E-state index is 0.159. The third kappa shape index (κ3) is 30.9. The lowest BCUT2D eigenvalue weighted by Crippen LogP contribution is -2.09. The van der Waals surface area contributed by atoms with Crippen LogP contribution in [0.1, 0.15) is 173 Å². The van der Waals surface area contributed by atoms with E-state index in [-0.39, 0.29) is 5.91 Å². The molecule has 0 aromatic carbocycles. The Morgan fingerprint density at radius 3 is 0.727 bits per heavy atom. The van der Waals surface area contributed by atoms with Crippen molar-refractivity contribution in [2.45, 2.75) is 173 Å². The van der Waals surface area contributed by atoms with Gasteiger partial charge in [-0.1, -0.05) is 148 Å². The average Bonchev–Trinajstić information content (AvgIpc) is 2.78. The summed E-state index contributed by atoms with van der Waals surface area (Å²) >= 11 is 0. The van der Waals surface area contributed by atoms with E-state index in [1.807, 2.05) is 0 Å². The quantitative estimate of drug-likeness (QED) is 0.113. The van der Waals surface area contributed by atoms with Crippen LogP contribution in [0.5, 0.6) is 0 Å². The molecule has 0 aliphatic rings. The highest BCUT2D eigenvalue weighted by molar-refractivity contribution is 5.73. The number of carbonyl (C=O) groups is 2. The Hall–Kier alpha value is -1.06. The van der Waals surface area contributed by atoms with Crippen molar-refractivity contribution in [2.75, 3.05) is 0 Å². The molecule has 0 aliphatic heterocycles. The largest absolute Gasteiger partial charge is 0.481 e. The van der Waals surface area contributed by atoms with Gasteiger partial charge in [-0.25, -0.2) is 0 Å². The summed E-state index contributed by atoms with van der Waals surface area (Å²) in [5, 5.41) is 8.60. The first kappa shape index (κ1) is 31.9. The van der Waals surface area contributed by atoms with E-state index in [9.17, 15) is 9.59 Å². The van der Waals surface area contributed by atoms with Crippen LogP contribution < -0.4 is 5.73 Å². The van der Waals surface area contributed by atoms with E-state index in [0.717, 1.165) is 25.7 Å². The standard InChI is InChI=1S/C29H57NO3/c30-28(31)26-24-22-20-18-16-14-12-10-8-6-4-2-1-3-5-7-9-11-13-15-17-19-21-23-25-27-29(32)33/h1-27H2,(H2,30,31)(H,32,33). The Morgan fingerprint density at radius 1 is 0.364 bits per heavy atom. The highest BCUT2D eigenvalue weighted by atomic mass is 16.4. The number of hydrogen-bond acceptors (Lipinski definition) is 2. The van der Waals surface area contributed by atoms with Crippen molar-refractivity contribution in [1.29, 1.82) is 0 Å². The molecule has 0 spiro atoms. The van der Waals surface area contributed by atoms with Crippen LogP contribution in [0.4, 0.5) is 0 Å². The van der Waals surface area contributed by atoms with E-state index >= 15 is 0 Å². The van der Waals surface area contributed by atoms with Gasteiger partial charge in [0, 0.05) is 12.8 Å². The van der Waals surface area contributed by atoms with Crippen molar-refractivity contribution < 1.29 is 14.7 Å². The molecule has 0 saturated carbocycles. The minimum Gasteiger partial charge on any atom is -0.481 e. The van der Waals surface area contributed by atoms with Crippen LogP contribution in [0.3, 0.4) is 0 Å². The summed E-state index contributed by atoms with van der Waals surface area (Å²) in [5.74, 6) is -0.816. The fourth-order valence-electron chi connectivity index (χ4n) is 4.64. The van der Waals surface area contributed by atoms with Gasteiger partial charge in [0.15, 0.2) is 0 Å². The number of amides is 1. The van der Waals surface area contributed by atoms with Gasteiger partial charge < -0.3 is 10.8 Å². The van der Waals surface area contributed by atoms with Gasteiger partial charge in [-0.3, -0.25) is 9.59 Å². The zero-order valence-electron chi connectivity index (χ0n) is 21.9. The van der Waals surface area contributed by atoms with Crippen LogP contribution in [0.15, 0.2) is 0 Å². The van der Waals surface area contributed by atoms with Crippen LogP contribution in [-0.4, -0.2) is 17.0 Å². The van der Waals surface area contributed by atoms with Gasteiger partial charge in [0.25, 0.3) is 0 Å². The van der Waals surface area contributed by atoms with Gasteiger partial charge in [-0.2, -0.15) is 0 Å². The van der Waals surface area contributed by atoms with E-state index in [1.54, 1.807) is 0 Å². The molecule has 0 aliphatic carbocycles. The molecule has 3 N–H and O–H groups in total. The summed E-state index contributed by atoms with van der Waals surface area (Å²) in [6, 6.07) is 0. The van der Waals surface area contributed by atoms with Gasteiger partial charge in [-0.05, 0) is 12.8 Å². The fraction of sp³-hybridized carbons (Fsp3) is 0.931. The van der Waals surface area contributed by atoms with Crippen LogP contribution in [0.25, 0.3) is 0 Å². The summed E-state index contributed by atoms with van der Waals surface area (Å²) in [6.07, 6.45) is 33.8. The number of carboxylic acids is 1. The number of hydrogen-bond donors (Lipinski definition) is 2. The first-order valence-electron chi connectivity index (χ1n) is 14.6. The van der Waals surface area contributed by atoms with Gasteiger partial charge >= 0.3 is 5.97 Å². The molecule has 4 heteroatoms. The first-order valence-corrected chi connectivity index (χ1v) is 14.6. The van der Waals surface area contributed by atoms with Crippen molar-refractivity contribution in [3.8, 4) is 0 Å². The third-order valence-corrected chi connectivity index (χ3v) is 6.81. The molecule has 0 bridgehead atoms. The third-order valence-electron chi connectivity index (χ3n) is 6.81. The molecule has 0 heterocycles. The summed E-state index contributed by atoms with van der Waals surface area (Å²) in [5.41, 5.74) is 5.15. The summed E-state index contributed by atoms with van der Waals surface area (Å²) < 4.78 is 0. The monoisotopic (exact) mass is 467 g/mol. The number of primary amides is 1. The molecular formula is C29H57NO3. The molecule has 196 valence electrons. The Kier molecular flexibility index (Phi) is 26.3. The lowest BCUT2D eigenvalue weighted by atomic mass is 10.0. The normalized spacial score (nSPS) is 11.2. The lowest BCUT2D eigenvalue weighted by Gasteiger charge is -2.04. The number of aliphatic carboxylic acids is 1. The van der Waals surface area contributed by atoms with Crippen molar-refractivity contribution in [2.24, 2.45) is 5.73 Å². The predicted molar refractivity (Wildman–Crippen MR) is 141 cm³/mol. The summed E-state index contributed by atoms with van der Waals surface area (Å²) in [6.45, 7) is 0. The highest BCUT2D eigenvalue weighted by Crippen LogP contribution is 2.16. The second-order valence-corrected chi connectivity index (χ2v) is 10.2. The Balaban J connectivity index is 3.02. The topological polar surface area (TPSA) is 80.4 Å². The zero-order valence-corrected chi connectivity index (χ0v) is 21.9. The molecule has 33 heavy (non-hydrogen) atoms. The molecule has 0 aromatic heterocycles. The van der Waals surface area contributed by atoms with Crippen molar-refractivity contribution in [3.05, 3.63) is 0 Å². The fourth-order valence-corrected chi connectivity index (χ4v) is 4.64. The van der Waals surface area contributed by atoms with Crippen LogP contribution in [0.2, 0.25) is 0 Å². The van der Waals surface area contributed by atoms with Gasteiger partial charge in [0.05, 0.1) is 0 Å². The average molecular weight is 468 g/mol. The Labute approximate surface area is 205 Å². The molecule has 4 nitrogen and oxygen atoms in total. The highest BCUT2D eigenvalue weighted by Gasteiger charge is 1.98. The number of carboxylic acid groups (broad SMARTS) is 1. The number of nitrogens with two attached hydrogens (primary N) is 1. The number of carbonyl (C=O) groups excluding carboxylic acids is 1. The van der Waals surface area contributed by atoms with Crippen LogP contribution in [-0.2, 0) is 9.59 Å². The van der Waals surface area contributed by atoms with E-state index in [1.165, 1.54) is 135 Å². The summed E-state index contributed by atoms with van der Waals surface area (Å²) in [4.78, 5) is 21.1. The Bertz CT molecular complexity index is 387. The molecule has 0 rings (SSSR count). The molecular weight excluding hydrogens is 410 g/mol. The van der Waals surface area contributed by atoms with E-state index in [4.69, 9.17) is 10.8 Å². The van der Waals surface area contributed by atoms with Crippen LogP contribution >= 0.6 is 0 Å². The van der Waals surface area contributed by atoms with Gasteiger partial charge in [0.1, 0.15) is 0 Å². The van der Waals surface area contributed by atoms with E-state index < -0.39 is 5.97 Å². The lowest BCUT2D eigenvalue weighted by molar-refractivity contribution is -0.137. The maximum Gasteiger partial charge on any atom is 0.303 e. The maximum absolute atomic E-state index is 10.7. The number of unbranched alkanes of at least 4 members (excludes halogenated alkanes) is 24. The molecule has 1 amide bonds. The second kappa shape index (κ2) is 27.2. The van der Waals surface area contributed by atoms with Gasteiger partial charge in [-0.15, -0.1) is 0 Å². The smallest absolute Gasteiger partial charge is 0.303 e. The van der Waals surface area contributed by atoms with E-state index in [0.29, 0.717) is 12.8 Å². The molecule has 0 unspecified atom stereocenters. The van der Waals surface area contributed by atoms with Crippen molar-refractivity contribution >= 4 is 11.9 Å². The molecule has 0 saturated heterocycles. The number of rotatable bonds is 28. The first-order chi connectivity index (χ1) is 16.1. The summed E-state index contributed by atoms with van der Waals surface area (Å²) in [7, 11) is 0. The molecule has 0 fully saturated rings. The van der Waals surface area contributed by atoms with Crippen LogP contribution in [0, 0.1) is 0 Å².